The summed E-state index contributed by atoms with van der Waals surface area (Å²) in [5, 5.41) is 12.2. The topological polar surface area (TPSA) is 54.3 Å². The van der Waals surface area contributed by atoms with Crippen LogP contribution in [-0.4, -0.2) is 39.5 Å². The first kappa shape index (κ1) is 11.4. The van der Waals surface area contributed by atoms with Crippen LogP contribution in [0.5, 0.6) is 0 Å². The number of hydrogen-bond donors (Lipinski definition) is 1. The van der Waals surface area contributed by atoms with Gasteiger partial charge in [0, 0.05) is 26.9 Å². The highest BCUT2D eigenvalue weighted by atomic mass is 16.5. The number of rotatable bonds is 5. The Hall–Kier alpha value is -0.630. The van der Waals surface area contributed by atoms with Crippen LogP contribution in [0.4, 0.5) is 0 Å². The van der Waals surface area contributed by atoms with Crippen LogP contribution in [0.15, 0.2) is 0 Å². The lowest BCUT2D eigenvalue weighted by atomic mass is 9.92. The van der Waals surface area contributed by atoms with Crippen LogP contribution in [0.1, 0.15) is 12.8 Å². The van der Waals surface area contributed by atoms with Crippen molar-refractivity contribution in [2.45, 2.75) is 18.9 Å². The summed E-state index contributed by atoms with van der Waals surface area (Å²) in [7, 11) is 1.66. The molecule has 1 atom stereocenters. The number of ether oxygens (including phenoxy) is 2. The highest BCUT2D eigenvalue weighted by Gasteiger charge is 2.22. The van der Waals surface area contributed by atoms with Crippen LogP contribution in [0.2, 0.25) is 0 Å². The minimum absolute atomic E-state index is 0.0472. The Morgan fingerprint density at radius 1 is 1.57 bits per heavy atom. The standard InChI is InChI=1S/C10H18N2O2/c1-13-7-4-12-10(8-11)9-2-5-14-6-3-9/h9-10,12H,2-7H2,1H3. The van der Waals surface area contributed by atoms with E-state index in [4.69, 9.17) is 14.7 Å². The van der Waals surface area contributed by atoms with Gasteiger partial charge in [-0.15, -0.1) is 0 Å². The summed E-state index contributed by atoms with van der Waals surface area (Å²) >= 11 is 0. The molecule has 1 N–H and O–H groups in total. The predicted octanol–water partition coefficient (Wildman–Crippen LogP) is 0.541. The fraction of sp³-hybridized carbons (Fsp3) is 0.900. The Balaban J connectivity index is 2.25. The third-order valence-corrected chi connectivity index (χ3v) is 2.55. The van der Waals surface area contributed by atoms with Gasteiger partial charge in [-0.1, -0.05) is 0 Å². The van der Waals surface area contributed by atoms with Gasteiger partial charge in [0.05, 0.1) is 18.7 Å². The zero-order valence-electron chi connectivity index (χ0n) is 8.66. The largest absolute Gasteiger partial charge is 0.383 e. The maximum atomic E-state index is 8.98. The smallest absolute Gasteiger partial charge is 0.0983 e. The SMILES string of the molecule is COCCNC(C#N)C1CCOCC1. The molecule has 1 saturated heterocycles. The van der Waals surface area contributed by atoms with Gasteiger partial charge in [-0.2, -0.15) is 5.26 Å². The fourth-order valence-electron chi connectivity index (χ4n) is 1.68. The molecule has 4 heteroatoms. The zero-order valence-corrected chi connectivity index (χ0v) is 8.66. The number of methoxy groups -OCH3 is 1. The highest BCUT2D eigenvalue weighted by molar-refractivity contribution is 4.95. The summed E-state index contributed by atoms with van der Waals surface area (Å²) in [6, 6.07) is 2.26. The van der Waals surface area contributed by atoms with E-state index in [2.05, 4.69) is 11.4 Å². The van der Waals surface area contributed by atoms with Crippen molar-refractivity contribution in [3.05, 3.63) is 0 Å². The third-order valence-electron chi connectivity index (χ3n) is 2.55. The van der Waals surface area contributed by atoms with Gasteiger partial charge in [-0.25, -0.2) is 0 Å². The van der Waals surface area contributed by atoms with Crippen LogP contribution in [-0.2, 0) is 9.47 Å². The summed E-state index contributed by atoms with van der Waals surface area (Å²) in [5.74, 6) is 0.436. The molecule has 0 aromatic carbocycles. The van der Waals surface area contributed by atoms with E-state index >= 15 is 0 Å². The van der Waals surface area contributed by atoms with Gasteiger partial charge in [0.15, 0.2) is 0 Å². The first-order valence-electron chi connectivity index (χ1n) is 5.08. The summed E-state index contributed by atoms with van der Waals surface area (Å²) in [6.45, 7) is 2.97. The molecule has 0 radical (unpaired) electrons. The van der Waals surface area contributed by atoms with E-state index in [9.17, 15) is 0 Å². The maximum Gasteiger partial charge on any atom is 0.0983 e. The predicted molar refractivity (Wildman–Crippen MR) is 52.8 cm³/mol. The molecule has 1 aliphatic heterocycles. The van der Waals surface area contributed by atoms with Crippen LogP contribution < -0.4 is 5.32 Å². The molecule has 0 amide bonds. The molecule has 1 fully saturated rings. The van der Waals surface area contributed by atoms with Gasteiger partial charge in [-0.05, 0) is 18.8 Å². The van der Waals surface area contributed by atoms with E-state index in [0.29, 0.717) is 12.5 Å². The summed E-state index contributed by atoms with van der Waals surface area (Å²) in [5.41, 5.74) is 0. The van der Waals surface area contributed by atoms with Crippen molar-refractivity contribution in [1.29, 1.82) is 5.26 Å². The van der Waals surface area contributed by atoms with Crippen molar-refractivity contribution in [3.63, 3.8) is 0 Å². The lowest BCUT2D eigenvalue weighted by molar-refractivity contribution is 0.0590. The molecule has 1 rings (SSSR count). The molecule has 4 nitrogen and oxygen atoms in total. The molecule has 80 valence electrons. The molecule has 0 saturated carbocycles. The molecule has 1 unspecified atom stereocenters. The van der Waals surface area contributed by atoms with Gasteiger partial charge < -0.3 is 9.47 Å². The number of hydrogen-bond acceptors (Lipinski definition) is 4. The summed E-state index contributed by atoms with van der Waals surface area (Å²) in [4.78, 5) is 0. The summed E-state index contributed by atoms with van der Waals surface area (Å²) < 4.78 is 10.2. The second kappa shape index (κ2) is 6.77. The van der Waals surface area contributed by atoms with E-state index in [1.54, 1.807) is 7.11 Å². The molecule has 0 aromatic rings. The molecule has 0 bridgehead atoms. The minimum Gasteiger partial charge on any atom is -0.383 e. The second-order valence-electron chi connectivity index (χ2n) is 3.50. The van der Waals surface area contributed by atoms with Crippen molar-refractivity contribution in [1.82, 2.24) is 5.32 Å². The van der Waals surface area contributed by atoms with Gasteiger partial charge in [-0.3, -0.25) is 5.32 Å². The van der Waals surface area contributed by atoms with Crippen molar-refractivity contribution in [2.75, 3.05) is 33.5 Å². The molecule has 0 aliphatic carbocycles. The molecule has 1 heterocycles. The molecule has 0 spiro atoms. The lowest BCUT2D eigenvalue weighted by Crippen LogP contribution is -2.39. The average Bonchev–Trinajstić information content (AvgIpc) is 2.26. The maximum absolute atomic E-state index is 8.98. The zero-order chi connectivity index (χ0) is 10.2. The van der Waals surface area contributed by atoms with Crippen LogP contribution in [0.25, 0.3) is 0 Å². The Morgan fingerprint density at radius 2 is 2.29 bits per heavy atom. The summed E-state index contributed by atoms with van der Waals surface area (Å²) in [6.07, 6.45) is 1.97. The number of nitrogens with one attached hydrogen (secondary N) is 1. The van der Waals surface area contributed by atoms with E-state index in [1.165, 1.54) is 0 Å². The number of nitrogens with zero attached hydrogens (tertiary/aromatic N) is 1. The lowest BCUT2D eigenvalue weighted by Gasteiger charge is -2.26. The van der Waals surface area contributed by atoms with Gasteiger partial charge in [0.2, 0.25) is 0 Å². The van der Waals surface area contributed by atoms with Crippen molar-refractivity contribution < 1.29 is 9.47 Å². The molecular formula is C10H18N2O2. The molecular weight excluding hydrogens is 180 g/mol. The van der Waals surface area contributed by atoms with Crippen LogP contribution >= 0.6 is 0 Å². The van der Waals surface area contributed by atoms with Crippen molar-refractivity contribution >= 4 is 0 Å². The number of nitriles is 1. The van der Waals surface area contributed by atoms with Gasteiger partial charge in [0.25, 0.3) is 0 Å². The quantitative estimate of drug-likeness (QED) is 0.655. The second-order valence-corrected chi connectivity index (χ2v) is 3.50. The van der Waals surface area contributed by atoms with Crippen molar-refractivity contribution in [2.24, 2.45) is 5.92 Å². The van der Waals surface area contributed by atoms with Crippen molar-refractivity contribution in [3.8, 4) is 6.07 Å². The van der Waals surface area contributed by atoms with Gasteiger partial charge >= 0.3 is 0 Å². The van der Waals surface area contributed by atoms with Gasteiger partial charge in [0.1, 0.15) is 0 Å². The first-order valence-corrected chi connectivity index (χ1v) is 5.08. The molecule has 14 heavy (non-hydrogen) atoms. The van der Waals surface area contributed by atoms with E-state index in [1.807, 2.05) is 0 Å². The average molecular weight is 198 g/mol. The van der Waals surface area contributed by atoms with Crippen LogP contribution in [0, 0.1) is 17.2 Å². The van der Waals surface area contributed by atoms with E-state index in [0.717, 1.165) is 32.6 Å². The highest BCUT2D eigenvalue weighted by Crippen LogP contribution is 2.18. The first-order chi connectivity index (χ1) is 6.88. The molecule has 1 aliphatic rings. The minimum atomic E-state index is -0.0472. The third kappa shape index (κ3) is 3.62. The van der Waals surface area contributed by atoms with E-state index < -0.39 is 0 Å². The van der Waals surface area contributed by atoms with E-state index in [-0.39, 0.29) is 6.04 Å². The Kier molecular flexibility index (Phi) is 5.53. The van der Waals surface area contributed by atoms with Crippen LogP contribution in [0.3, 0.4) is 0 Å². The monoisotopic (exact) mass is 198 g/mol. The Morgan fingerprint density at radius 3 is 2.86 bits per heavy atom. The molecule has 0 aromatic heterocycles. The Labute approximate surface area is 85.2 Å². The normalized spacial score (nSPS) is 20.3. The fourth-order valence-corrected chi connectivity index (χ4v) is 1.68. The Bertz CT molecular complexity index is 185.